The van der Waals surface area contributed by atoms with E-state index in [1.807, 2.05) is 14.0 Å². The van der Waals surface area contributed by atoms with Gasteiger partial charge in [0.25, 0.3) is 0 Å². The first-order chi connectivity index (χ1) is 8.90. The van der Waals surface area contributed by atoms with Crippen molar-refractivity contribution < 1.29 is 4.39 Å². The van der Waals surface area contributed by atoms with E-state index in [1.54, 1.807) is 10.7 Å². The van der Waals surface area contributed by atoms with Gasteiger partial charge in [0.15, 0.2) is 0 Å². The lowest BCUT2D eigenvalue weighted by Crippen LogP contribution is -2.16. The summed E-state index contributed by atoms with van der Waals surface area (Å²) in [5, 5.41) is 4.86. The van der Waals surface area contributed by atoms with Crippen LogP contribution in [-0.2, 0) is 13.5 Å². The maximum atomic E-state index is 13.3. The van der Waals surface area contributed by atoms with E-state index in [9.17, 15) is 4.39 Å². The van der Waals surface area contributed by atoms with Gasteiger partial charge in [-0.25, -0.2) is 4.39 Å². The topological polar surface area (TPSA) is 43.8 Å². The van der Waals surface area contributed by atoms with Crippen LogP contribution in [0.15, 0.2) is 22.7 Å². The molecule has 0 spiro atoms. The van der Waals surface area contributed by atoms with Gasteiger partial charge in [0.1, 0.15) is 5.82 Å². The van der Waals surface area contributed by atoms with Gasteiger partial charge < -0.3 is 5.73 Å². The highest BCUT2D eigenvalue weighted by atomic mass is 79.9. The van der Waals surface area contributed by atoms with E-state index in [1.165, 1.54) is 12.1 Å². The monoisotopic (exact) mass is 345 g/mol. The summed E-state index contributed by atoms with van der Waals surface area (Å²) < 4.78 is 15.8. The van der Waals surface area contributed by atoms with Crippen molar-refractivity contribution in [2.75, 3.05) is 0 Å². The predicted octanol–water partition coefficient (Wildman–Crippen LogP) is 3.53. The second-order valence-corrected chi connectivity index (χ2v) is 5.68. The first kappa shape index (κ1) is 14.5. The average Bonchev–Trinajstić information content (AvgIpc) is 2.59. The maximum absolute atomic E-state index is 13.3. The minimum absolute atomic E-state index is 0.305. The maximum Gasteiger partial charge on any atom is 0.123 e. The van der Waals surface area contributed by atoms with Crippen LogP contribution in [0.2, 0.25) is 5.02 Å². The third-order valence-electron chi connectivity index (χ3n) is 3.03. The van der Waals surface area contributed by atoms with Crippen LogP contribution in [0, 0.1) is 12.7 Å². The number of hydrogen-bond donors (Lipinski definition) is 1. The number of aromatic nitrogens is 2. The largest absolute Gasteiger partial charge is 0.324 e. The van der Waals surface area contributed by atoms with Crippen LogP contribution < -0.4 is 5.73 Å². The molecule has 0 bridgehead atoms. The molecule has 1 unspecified atom stereocenters. The van der Waals surface area contributed by atoms with Gasteiger partial charge in [0.2, 0.25) is 0 Å². The van der Waals surface area contributed by atoms with Crippen molar-refractivity contribution in [3.05, 3.63) is 50.5 Å². The minimum Gasteiger partial charge on any atom is -0.324 e. The number of halogens is 3. The zero-order valence-corrected chi connectivity index (χ0v) is 13.0. The third-order valence-corrected chi connectivity index (χ3v) is 4.25. The Hall–Kier alpha value is -0.910. The molecule has 3 nitrogen and oxygen atoms in total. The average molecular weight is 347 g/mol. The summed E-state index contributed by atoms with van der Waals surface area (Å²) in [5.41, 5.74) is 8.48. The lowest BCUT2D eigenvalue weighted by Gasteiger charge is -2.14. The molecule has 0 saturated heterocycles. The fourth-order valence-corrected chi connectivity index (χ4v) is 2.80. The van der Waals surface area contributed by atoms with E-state index in [4.69, 9.17) is 17.3 Å². The number of nitrogens with zero attached hydrogens (tertiary/aromatic N) is 2. The molecule has 102 valence electrons. The zero-order chi connectivity index (χ0) is 14.2. The standard InChI is InChI=1S/C13H14BrClFN3/c1-7-13(15)12(19(2)18-7)6-11(17)9-5-8(16)3-4-10(9)14/h3-5,11H,6,17H2,1-2H3. The highest BCUT2D eigenvalue weighted by molar-refractivity contribution is 9.10. The molecule has 19 heavy (non-hydrogen) atoms. The summed E-state index contributed by atoms with van der Waals surface area (Å²) in [5.74, 6) is -0.305. The molecule has 1 aromatic heterocycles. The van der Waals surface area contributed by atoms with Gasteiger partial charge in [-0.1, -0.05) is 27.5 Å². The predicted molar refractivity (Wildman–Crippen MR) is 77.7 cm³/mol. The highest BCUT2D eigenvalue weighted by Crippen LogP contribution is 2.28. The number of rotatable bonds is 3. The summed E-state index contributed by atoms with van der Waals surface area (Å²) >= 11 is 9.58. The van der Waals surface area contributed by atoms with Crippen molar-refractivity contribution >= 4 is 27.5 Å². The molecule has 2 rings (SSSR count). The van der Waals surface area contributed by atoms with Crippen molar-refractivity contribution in [2.24, 2.45) is 12.8 Å². The highest BCUT2D eigenvalue weighted by Gasteiger charge is 2.17. The van der Waals surface area contributed by atoms with Crippen molar-refractivity contribution in [3.63, 3.8) is 0 Å². The molecular weight excluding hydrogens is 333 g/mol. The van der Waals surface area contributed by atoms with E-state index < -0.39 is 0 Å². The molecule has 1 aromatic carbocycles. The Balaban J connectivity index is 2.30. The van der Waals surface area contributed by atoms with E-state index in [0.717, 1.165) is 21.4 Å². The SMILES string of the molecule is Cc1nn(C)c(CC(N)c2cc(F)ccc2Br)c1Cl. The molecule has 1 atom stereocenters. The Morgan fingerprint density at radius 3 is 2.79 bits per heavy atom. The lowest BCUT2D eigenvalue weighted by atomic mass is 10.0. The molecule has 2 N–H and O–H groups in total. The molecule has 0 aliphatic heterocycles. The van der Waals surface area contributed by atoms with Crippen LogP contribution in [0.1, 0.15) is 23.0 Å². The minimum atomic E-state index is -0.350. The molecule has 0 amide bonds. The van der Waals surface area contributed by atoms with Crippen molar-refractivity contribution in [3.8, 4) is 0 Å². The number of aryl methyl sites for hydroxylation is 2. The van der Waals surface area contributed by atoms with Gasteiger partial charge in [-0.2, -0.15) is 5.10 Å². The second kappa shape index (κ2) is 5.61. The molecule has 0 fully saturated rings. The fourth-order valence-electron chi connectivity index (χ4n) is 2.02. The van der Waals surface area contributed by atoms with Crippen molar-refractivity contribution in [1.29, 1.82) is 0 Å². The van der Waals surface area contributed by atoms with Crippen LogP contribution >= 0.6 is 27.5 Å². The molecule has 6 heteroatoms. The number of hydrogen-bond acceptors (Lipinski definition) is 2. The Labute approximate surface area is 124 Å². The number of benzene rings is 1. The Morgan fingerprint density at radius 1 is 1.53 bits per heavy atom. The number of nitrogens with two attached hydrogens (primary N) is 1. The van der Waals surface area contributed by atoms with Gasteiger partial charge in [-0.15, -0.1) is 0 Å². The molecule has 2 aromatic rings. The van der Waals surface area contributed by atoms with Gasteiger partial charge in [0, 0.05) is 24.0 Å². The van der Waals surface area contributed by atoms with Gasteiger partial charge in [0.05, 0.1) is 16.4 Å². The molecule has 0 aliphatic rings. The van der Waals surface area contributed by atoms with Gasteiger partial charge >= 0.3 is 0 Å². The first-order valence-corrected chi connectivity index (χ1v) is 6.95. The van der Waals surface area contributed by atoms with Crippen molar-refractivity contribution in [1.82, 2.24) is 9.78 Å². The van der Waals surface area contributed by atoms with E-state index in [2.05, 4.69) is 21.0 Å². The summed E-state index contributed by atoms with van der Waals surface area (Å²) in [7, 11) is 1.82. The van der Waals surface area contributed by atoms with Gasteiger partial charge in [-0.05, 0) is 30.7 Å². The van der Waals surface area contributed by atoms with E-state index in [0.29, 0.717) is 11.4 Å². The molecule has 0 aliphatic carbocycles. The Morgan fingerprint density at radius 2 is 2.21 bits per heavy atom. The van der Waals surface area contributed by atoms with Crippen LogP contribution in [0.3, 0.4) is 0 Å². The Bertz CT molecular complexity index is 612. The van der Waals surface area contributed by atoms with Crippen LogP contribution in [-0.4, -0.2) is 9.78 Å². The zero-order valence-electron chi connectivity index (χ0n) is 10.6. The normalized spacial score (nSPS) is 12.7. The smallest absolute Gasteiger partial charge is 0.123 e. The molecular formula is C13H14BrClFN3. The van der Waals surface area contributed by atoms with E-state index >= 15 is 0 Å². The second-order valence-electron chi connectivity index (χ2n) is 4.45. The van der Waals surface area contributed by atoms with E-state index in [-0.39, 0.29) is 11.9 Å². The summed E-state index contributed by atoms with van der Waals surface area (Å²) in [4.78, 5) is 0. The van der Waals surface area contributed by atoms with Crippen LogP contribution in [0.4, 0.5) is 4.39 Å². The summed E-state index contributed by atoms with van der Waals surface area (Å²) in [6.07, 6.45) is 0.498. The summed E-state index contributed by atoms with van der Waals surface area (Å²) in [6, 6.07) is 4.13. The Kier molecular flexibility index (Phi) is 4.28. The lowest BCUT2D eigenvalue weighted by molar-refractivity contribution is 0.608. The summed E-state index contributed by atoms with van der Waals surface area (Å²) in [6.45, 7) is 1.84. The fraction of sp³-hybridized carbons (Fsp3) is 0.308. The van der Waals surface area contributed by atoms with Crippen LogP contribution in [0.5, 0.6) is 0 Å². The van der Waals surface area contributed by atoms with Crippen molar-refractivity contribution in [2.45, 2.75) is 19.4 Å². The first-order valence-electron chi connectivity index (χ1n) is 5.78. The third kappa shape index (κ3) is 2.99. The van der Waals surface area contributed by atoms with Gasteiger partial charge in [-0.3, -0.25) is 4.68 Å². The van der Waals surface area contributed by atoms with Crippen LogP contribution in [0.25, 0.3) is 0 Å². The molecule has 0 saturated carbocycles. The quantitative estimate of drug-likeness (QED) is 0.924. The molecule has 0 radical (unpaired) electrons. The molecule has 1 heterocycles.